The van der Waals surface area contributed by atoms with Crippen LogP contribution in [0.15, 0.2) is 55.9 Å². The number of para-hydroxylation sites is 1. The maximum absolute atomic E-state index is 11.6. The van der Waals surface area contributed by atoms with Crippen molar-refractivity contribution in [3.63, 3.8) is 0 Å². The van der Waals surface area contributed by atoms with Crippen LogP contribution in [0.5, 0.6) is 5.75 Å². The Morgan fingerprint density at radius 3 is 2.54 bits per heavy atom. The van der Waals surface area contributed by atoms with E-state index >= 15 is 0 Å². The van der Waals surface area contributed by atoms with Crippen LogP contribution in [0.3, 0.4) is 0 Å². The van der Waals surface area contributed by atoms with E-state index in [0.29, 0.717) is 39.3 Å². The van der Waals surface area contributed by atoms with E-state index in [0.717, 1.165) is 18.6 Å². The van der Waals surface area contributed by atoms with E-state index in [-0.39, 0.29) is 11.8 Å². The normalized spacial score (nSPS) is 17.0. The molecule has 1 aliphatic rings. The van der Waals surface area contributed by atoms with Crippen molar-refractivity contribution in [2.75, 3.05) is 24.5 Å². The summed E-state index contributed by atoms with van der Waals surface area (Å²) in [6.07, 6.45) is 0.824. The zero-order valence-electron chi connectivity index (χ0n) is 14.6. The van der Waals surface area contributed by atoms with Gasteiger partial charge in [0.1, 0.15) is 11.8 Å². The Bertz CT molecular complexity index is 973. The van der Waals surface area contributed by atoms with Crippen LogP contribution in [0.2, 0.25) is 0 Å². The predicted octanol–water partition coefficient (Wildman–Crippen LogP) is 3.99. The molecule has 0 spiro atoms. The number of anilines is 1. The first-order valence-corrected chi connectivity index (χ1v) is 10.2. The molecule has 4 rings (SSSR count). The molecule has 1 atom stereocenters. The monoisotopic (exact) mass is 506 g/mol. The van der Waals surface area contributed by atoms with E-state index in [2.05, 4.69) is 46.9 Å². The van der Waals surface area contributed by atoms with Gasteiger partial charge in [0, 0.05) is 30.9 Å². The Labute approximate surface area is 178 Å². The van der Waals surface area contributed by atoms with Crippen molar-refractivity contribution in [2.45, 2.75) is 6.04 Å². The number of rotatable bonds is 4. The summed E-state index contributed by atoms with van der Waals surface area (Å²) < 4.78 is 6.54. The molecule has 1 unspecified atom stereocenters. The summed E-state index contributed by atoms with van der Waals surface area (Å²) in [5, 5.41) is 14.0. The van der Waals surface area contributed by atoms with Gasteiger partial charge in [-0.15, -0.1) is 0 Å². The molecule has 1 fully saturated rings. The highest BCUT2D eigenvalue weighted by Crippen LogP contribution is 2.36. The maximum Gasteiger partial charge on any atom is 0.251 e. The third-order valence-electron chi connectivity index (χ3n) is 4.68. The average molecular weight is 508 g/mol. The molecule has 3 aromatic rings. The van der Waals surface area contributed by atoms with Crippen LogP contribution in [0, 0.1) is 0 Å². The lowest BCUT2D eigenvalue weighted by Crippen LogP contribution is -2.48. The highest BCUT2D eigenvalue weighted by Gasteiger charge is 2.32. The topological polar surface area (TPSA) is 82.7 Å². The second-order valence-electron chi connectivity index (χ2n) is 6.39. The quantitative estimate of drug-likeness (QED) is 0.538. The van der Waals surface area contributed by atoms with Crippen molar-refractivity contribution < 1.29 is 14.4 Å². The molecule has 1 saturated heterocycles. The average Bonchev–Trinajstić information content (AvgIpc) is 3.22. The van der Waals surface area contributed by atoms with Gasteiger partial charge in [-0.05, 0) is 56.1 Å². The van der Waals surface area contributed by atoms with Crippen LogP contribution >= 0.6 is 31.9 Å². The lowest BCUT2D eigenvalue weighted by Gasteiger charge is -2.38. The standard InChI is InChI=1S/C19H16Br2N4O3/c20-14-8-12(9-15(21)17(14)27)18-22-19(28-23-18)16-10-24(6-7-25(16)11-26)13-4-2-1-3-5-13/h1-5,8-9,11,16,27H,6-7,10H2. The van der Waals surface area contributed by atoms with Gasteiger partial charge in [0.25, 0.3) is 5.89 Å². The first-order valence-electron chi connectivity index (χ1n) is 8.60. The van der Waals surface area contributed by atoms with Crippen molar-refractivity contribution in [1.82, 2.24) is 15.0 Å². The number of piperazine rings is 1. The minimum atomic E-state index is -0.336. The molecule has 0 aliphatic carbocycles. The van der Waals surface area contributed by atoms with Crippen molar-refractivity contribution in [3.8, 4) is 17.1 Å². The molecule has 2 aromatic carbocycles. The largest absolute Gasteiger partial charge is 0.506 e. The third-order valence-corrected chi connectivity index (χ3v) is 5.89. The van der Waals surface area contributed by atoms with Gasteiger partial charge < -0.3 is 19.4 Å². The molecule has 1 aromatic heterocycles. The highest BCUT2D eigenvalue weighted by atomic mass is 79.9. The molecule has 7 nitrogen and oxygen atoms in total. The summed E-state index contributed by atoms with van der Waals surface area (Å²) in [6, 6.07) is 13.1. The fourth-order valence-electron chi connectivity index (χ4n) is 3.20. The van der Waals surface area contributed by atoms with Gasteiger partial charge in [0.05, 0.1) is 8.95 Å². The molecule has 1 aliphatic heterocycles. The van der Waals surface area contributed by atoms with E-state index < -0.39 is 0 Å². The van der Waals surface area contributed by atoms with Gasteiger partial charge in [0.2, 0.25) is 12.2 Å². The number of aromatic nitrogens is 2. The Morgan fingerprint density at radius 2 is 1.86 bits per heavy atom. The number of phenolic OH excluding ortho intramolecular Hbond substituents is 1. The number of nitrogens with zero attached hydrogens (tertiary/aromatic N) is 4. The van der Waals surface area contributed by atoms with Gasteiger partial charge in [0.15, 0.2) is 0 Å². The smallest absolute Gasteiger partial charge is 0.251 e. The number of phenols is 1. The van der Waals surface area contributed by atoms with Crippen LogP contribution in [0.1, 0.15) is 11.9 Å². The van der Waals surface area contributed by atoms with Crippen molar-refractivity contribution in [2.24, 2.45) is 0 Å². The molecule has 144 valence electrons. The van der Waals surface area contributed by atoms with E-state index in [1.165, 1.54) is 0 Å². The summed E-state index contributed by atoms with van der Waals surface area (Å²) >= 11 is 6.61. The highest BCUT2D eigenvalue weighted by molar-refractivity contribution is 9.11. The Morgan fingerprint density at radius 1 is 1.14 bits per heavy atom. The minimum absolute atomic E-state index is 0.102. The van der Waals surface area contributed by atoms with Gasteiger partial charge >= 0.3 is 0 Å². The summed E-state index contributed by atoms with van der Waals surface area (Å²) in [7, 11) is 0. The SMILES string of the molecule is O=CN1CCN(c2ccccc2)CC1c1nc(-c2cc(Br)c(O)c(Br)c2)no1. The Hall–Kier alpha value is -2.39. The summed E-state index contributed by atoms with van der Waals surface area (Å²) in [5.74, 6) is 0.868. The second kappa shape index (κ2) is 7.92. The molecule has 0 radical (unpaired) electrons. The van der Waals surface area contributed by atoms with Gasteiger partial charge in [-0.2, -0.15) is 4.98 Å². The fraction of sp³-hybridized carbons (Fsp3) is 0.211. The first kappa shape index (κ1) is 18.9. The molecule has 28 heavy (non-hydrogen) atoms. The summed E-state index contributed by atoms with van der Waals surface area (Å²) in [4.78, 5) is 20.0. The molecule has 1 N–H and O–H groups in total. The van der Waals surface area contributed by atoms with Gasteiger partial charge in [-0.25, -0.2) is 0 Å². The maximum atomic E-state index is 11.6. The number of hydrogen-bond acceptors (Lipinski definition) is 6. The third kappa shape index (κ3) is 3.64. The van der Waals surface area contributed by atoms with Crippen LogP contribution in [-0.2, 0) is 4.79 Å². The van der Waals surface area contributed by atoms with Crippen LogP contribution < -0.4 is 4.90 Å². The number of carbonyl (C=O) groups is 1. The van der Waals surface area contributed by atoms with Crippen molar-refractivity contribution in [1.29, 1.82) is 0 Å². The zero-order valence-corrected chi connectivity index (χ0v) is 17.8. The Balaban J connectivity index is 1.63. The minimum Gasteiger partial charge on any atom is -0.506 e. The lowest BCUT2D eigenvalue weighted by atomic mass is 10.1. The van der Waals surface area contributed by atoms with Crippen LogP contribution in [-0.4, -0.2) is 46.2 Å². The van der Waals surface area contributed by atoms with Crippen molar-refractivity contribution >= 4 is 44.0 Å². The second-order valence-corrected chi connectivity index (χ2v) is 8.09. The van der Waals surface area contributed by atoms with Gasteiger partial charge in [-0.3, -0.25) is 4.79 Å². The Kier molecular flexibility index (Phi) is 5.36. The van der Waals surface area contributed by atoms with E-state index in [4.69, 9.17) is 4.52 Å². The van der Waals surface area contributed by atoms with E-state index in [1.54, 1.807) is 17.0 Å². The predicted molar refractivity (Wildman–Crippen MR) is 111 cm³/mol. The number of carbonyl (C=O) groups excluding carboxylic acids is 1. The van der Waals surface area contributed by atoms with Crippen molar-refractivity contribution in [3.05, 3.63) is 57.3 Å². The van der Waals surface area contributed by atoms with Gasteiger partial charge in [-0.1, -0.05) is 23.4 Å². The number of halogens is 2. The molecule has 9 heteroatoms. The van der Waals surface area contributed by atoms with Crippen LogP contribution in [0.25, 0.3) is 11.4 Å². The molecule has 2 heterocycles. The molecule has 0 saturated carbocycles. The zero-order chi connectivity index (χ0) is 19.7. The summed E-state index contributed by atoms with van der Waals surface area (Å²) in [5.41, 5.74) is 1.77. The number of benzene rings is 2. The molecular formula is C19H16Br2N4O3. The summed E-state index contributed by atoms with van der Waals surface area (Å²) in [6.45, 7) is 1.86. The van der Waals surface area contributed by atoms with E-state index in [1.807, 2.05) is 30.3 Å². The number of aromatic hydroxyl groups is 1. The number of amides is 1. The first-order chi connectivity index (χ1) is 13.6. The molecular weight excluding hydrogens is 492 g/mol. The molecule has 1 amide bonds. The number of hydrogen-bond donors (Lipinski definition) is 1. The van der Waals surface area contributed by atoms with Crippen LogP contribution in [0.4, 0.5) is 5.69 Å². The fourth-order valence-corrected chi connectivity index (χ4v) is 4.39. The lowest BCUT2D eigenvalue weighted by molar-refractivity contribution is -0.121. The molecule has 0 bridgehead atoms. The van der Waals surface area contributed by atoms with E-state index in [9.17, 15) is 9.90 Å².